The zero-order chi connectivity index (χ0) is 12.3. The average Bonchev–Trinajstić information content (AvgIpc) is 2.35. The summed E-state index contributed by atoms with van der Waals surface area (Å²) < 4.78 is 0. The maximum absolute atomic E-state index is 11.5. The summed E-state index contributed by atoms with van der Waals surface area (Å²) in [5, 5.41) is 0. The smallest absolute Gasteiger partial charge is 0.235 e. The summed E-state index contributed by atoms with van der Waals surface area (Å²) in [6, 6.07) is 0.105. The van der Waals surface area contributed by atoms with Crippen LogP contribution in [0.25, 0.3) is 0 Å². The lowest BCUT2D eigenvalue weighted by Gasteiger charge is -2.46. The molecule has 2 fully saturated rings. The number of nitrogens with two attached hydrogens (primary N) is 1. The molecule has 4 heteroatoms. The molecule has 17 heavy (non-hydrogen) atoms. The van der Waals surface area contributed by atoms with E-state index in [0.717, 1.165) is 25.7 Å². The van der Waals surface area contributed by atoms with E-state index in [1.165, 1.54) is 25.7 Å². The molecule has 0 radical (unpaired) electrons. The first-order valence-corrected chi connectivity index (χ1v) is 6.72. The van der Waals surface area contributed by atoms with Crippen LogP contribution in [0, 0.1) is 5.92 Å². The molecular formula is C13H22N2O2. The standard InChI is InChI=1S/C13H22N2O2/c14-13(17)12(7-9-16)15-8-3-5-10-4-1-2-6-11(10)15/h9-12H,1-8H2,(H2,14,17). The summed E-state index contributed by atoms with van der Waals surface area (Å²) in [6.07, 6.45) is 8.45. The van der Waals surface area contributed by atoms with Gasteiger partial charge < -0.3 is 10.5 Å². The van der Waals surface area contributed by atoms with Crippen LogP contribution in [0.2, 0.25) is 0 Å². The van der Waals surface area contributed by atoms with Crippen molar-refractivity contribution in [2.75, 3.05) is 6.54 Å². The summed E-state index contributed by atoms with van der Waals surface area (Å²) in [5.41, 5.74) is 5.44. The average molecular weight is 238 g/mol. The van der Waals surface area contributed by atoms with Crippen molar-refractivity contribution in [1.82, 2.24) is 4.90 Å². The van der Waals surface area contributed by atoms with Crippen molar-refractivity contribution < 1.29 is 9.59 Å². The molecule has 0 bridgehead atoms. The largest absolute Gasteiger partial charge is 0.368 e. The van der Waals surface area contributed by atoms with E-state index in [9.17, 15) is 9.59 Å². The van der Waals surface area contributed by atoms with Crippen LogP contribution in [0.1, 0.15) is 44.9 Å². The molecule has 1 amide bonds. The predicted octanol–water partition coefficient (Wildman–Crippen LogP) is 1.08. The molecule has 0 aromatic rings. The highest BCUT2D eigenvalue weighted by atomic mass is 16.1. The van der Waals surface area contributed by atoms with Crippen LogP contribution in [-0.4, -0.2) is 35.7 Å². The molecule has 2 rings (SSSR count). The first-order chi connectivity index (χ1) is 8.24. The van der Waals surface area contributed by atoms with Gasteiger partial charge in [-0.2, -0.15) is 0 Å². The van der Waals surface area contributed by atoms with Crippen molar-refractivity contribution in [3.05, 3.63) is 0 Å². The summed E-state index contributed by atoms with van der Waals surface area (Å²) in [5.74, 6) is 0.370. The molecular weight excluding hydrogens is 216 g/mol. The zero-order valence-electron chi connectivity index (χ0n) is 10.3. The van der Waals surface area contributed by atoms with Gasteiger partial charge in [0.05, 0.1) is 6.04 Å². The van der Waals surface area contributed by atoms with Crippen molar-refractivity contribution in [2.24, 2.45) is 11.7 Å². The van der Waals surface area contributed by atoms with Gasteiger partial charge in [-0.3, -0.25) is 9.69 Å². The number of nitrogens with zero attached hydrogens (tertiary/aromatic N) is 1. The van der Waals surface area contributed by atoms with Crippen molar-refractivity contribution >= 4 is 12.2 Å². The van der Waals surface area contributed by atoms with Gasteiger partial charge >= 0.3 is 0 Å². The Kier molecular flexibility index (Phi) is 4.15. The van der Waals surface area contributed by atoms with Crippen molar-refractivity contribution in [2.45, 2.75) is 57.0 Å². The SMILES string of the molecule is NC(=O)C(CC=O)N1CCCC2CCCCC21. The molecule has 1 heterocycles. The van der Waals surface area contributed by atoms with Gasteiger partial charge in [-0.1, -0.05) is 12.8 Å². The number of fused-ring (bicyclic) bond motifs is 1. The monoisotopic (exact) mass is 238 g/mol. The number of hydrogen-bond acceptors (Lipinski definition) is 3. The van der Waals surface area contributed by atoms with Gasteiger partial charge in [0.1, 0.15) is 6.29 Å². The van der Waals surface area contributed by atoms with Gasteiger partial charge in [0.15, 0.2) is 0 Å². The Bertz CT molecular complexity index is 291. The highest BCUT2D eigenvalue weighted by Crippen LogP contribution is 2.36. The second kappa shape index (κ2) is 5.63. The minimum Gasteiger partial charge on any atom is -0.368 e. The van der Waals surface area contributed by atoms with E-state index in [4.69, 9.17) is 5.73 Å². The third-order valence-electron chi connectivity index (χ3n) is 4.33. The number of likely N-dealkylation sites (tertiary alicyclic amines) is 1. The molecule has 0 aromatic heterocycles. The maximum atomic E-state index is 11.5. The maximum Gasteiger partial charge on any atom is 0.235 e. The van der Waals surface area contributed by atoms with Crippen LogP contribution in [-0.2, 0) is 9.59 Å². The van der Waals surface area contributed by atoms with E-state index in [1.54, 1.807) is 0 Å². The second-order valence-corrected chi connectivity index (χ2v) is 5.31. The fourth-order valence-corrected chi connectivity index (χ4v) is 3.56. The summed E-state index contributed by atoms with van der Waals surface area (Å²) >= 11 is 0. The quantitative estimate of drug-likeness (QED) is 0.745. The Hall–Kier alpha value is -0.900. The van der Waals surface area contributed by atoms with Crippen LogP contribution in [0.3, 0.4) is 0 Å². The Morgan fingerprint density at radius 2 is 2.00 bits per heavy atom. The first-order valence-electron chi connectivity index (χ1n) is 6.72. The fourth-order valence-electron chi connectivity index (χ4n) is 3.56. The Labute approximate surface area is 103 Å². The molecule has 2 N–H and O–H groups in total. The normalized spacial score (nSPS) is 31.5. The van der Waals surface area contributed by atoms with Gasteiger partial charge in [-0.05, 0) is 38.1 Å². The second-order valence-electron chi connectivity index (χ2n) is 5.31. The minimum absolute atomic E-state index is 0.249. The topological polar surface area (TPSA) is 63.4 Å². The molecule has 0 aromatic carbocycles. The van der Waals surface area contributed by atoms with E-state index in [-0.39, 0.29) is 18.4 Å². The Morgan fingerprint density at radius 1 is 1.29 bits per heavy atom. The van der Waals surface area contributed by atoms with Gasteiger partial charge in [0.25, 0.3) is 0 Å². The number of primary amides is 1. The molecule has 2 aliphatic rings. The molecule has 1 aliphatic heterocycles. The van der Waals surface area contributed by atoms with Crippen molar-refractivity contribution in [3.8, 4) is 0 Å². The lowest BCUT2D eigenvalue weighted by atomic mass is 9.77. The molecule has 1 aliphatic carbocycles. The molecule has 3 unspecified atom stereocenters. The number of amides is 1. The van der Waals surface area contributed by atoms with Gasteiger partial charge in [-0.25, -0.2) is 0 Å². The van der Waals surface area contributed by atoms with E-state index in [2.05, 4.69) is 4.90 Å². The summed E-state index contributed by atoms with van der Waals surface area (Å²) in [6.45, 7) is 0.919. The number of rotatable bonds is 4. The molecule has 3 atom stereocenters. The number of aldehydes is 1. The number of carbonyl (C=O) groups is 2. The van der Waals surface area contributed by atoms with Crippen LogP contribution >= 0.6 is 0 Å². The number of piperidine rings is 1. The van der Waals surface area contributed by atoms with Gasteiger partial charge in [0.2, 0.25) is 5.91 Å². The number of carbonyl (C=O) groups excluding carboxylic acids is 2. The van der Waals surface area contributed by atoms with Crippen molar-refractivity contribution in [3.63, 3.8) is 0 Å². The lowest BCUT2D eigenvalue weighted by Crippen LogP contribution is -2.55. The zero-order valence-corrected chi connectivity index (χ0v) is 10.3. The van der Waals surface area contributed by atoms with Crippen LogP contribution in [0.5, 0.6) is 0 Å². The van der Waals surface area contributed by atoms with E-state index >= 15 is 0 Å². The van der Waals surface area contributed by atoms with Crippen LogP contribution < -0.4 is 5.73 Å². The molecule has 4 nitrogen and oxygen atoms in total. The molecule has 1 saturated carbocycles. The van der Waals surface area contributed by atoms with Gasteiger partial charge in [-0.15, -0.1) is 0 Å². The molecule has 1 saturated heterocycles. The lowest BCUT2D eigenvalue weighted by molar-refractivity contribution is -0.128. The third kappa shape index (κ3) is 2.68. The molecule has 96 valence electrons. The van der Waals surface area contributed by atoms with Gasteiger partial charge in [0, 0.05) is 12.5 Å². The minimum atomic E-state index is -0.376. The number of hydrogen-bond donors (Lipinski definition) is 1. The third-order valence-corrected chi connectivity index (χ3v) is 4.33. The van der Waals surface area contributed by atoms with Crippen LogP contribution in [0.4, 0.5) is 0 Å². The van der Waals surface area contributed by atoms with Crippen molar-refractivity contribution in [1.29, 1.82) is 0 Å². The molecule has 0 spiro atoms. The van der Waals surface area contributed by atoms with E-state index < -0.39 is 0 Å². The van der Waals surface area contributed by atoms with Crippen LogP contribution in [0.15, 0.2) is 0 Å². The summed E-state index contributed by atoms with van der Waals surface area (Å²) in [7, 11) is 0. The highest BCUT2D eigenvalue weighted by molar-refractivity contribution is 5.82. The highest BCUT2D eigenvalue weighted by Gasteiger charge is 2.38. The Balaban J connectivity index is 2.10. The Morgan fingerprint density at radius 3 is 2.71 bits per heavy atom. The fraction of sp³-hybridized carbons (Fsp3) is 0.846. The summed E-state index contributed by atoms with van der Waals surface area (Å²) in [4.78, 5) is 24.4. The van der Waals surface area contributed by atoms with E-state index in [0.29, 0.717) is 12.0 Å². The predicted molar refractivity (Wildman–Crippen MR) is 65.3 cm³/mol. The first kappa shape index (κ1) is 12.6. The van der Waals surface area contributed by atoms with E-state index in [1.807, 2.05) is 0 Å².